The van der Waals surface area contributed by atoms with E-state index in [0.29, 0.717) is 10.7 Å². The SMILES string of the molecule is N#[N+]c1ccc(Cl)cc1. The van der Waals surface area contributed by atoms with Crippen molar-refractivity contribution in [2.45, 2.75) is 0 Å². The predicted molar refractivity (Wildman–Crippen MR) is 36.2 cm³/mol. The summed E-state index contributed by atoms with van der Waals surface area (Å²) in [7, 11) is 0. The van der Waals surface area contributed by atoms with E-state index >= 15 is 0 Å². The fraction of sp³-hybridized carbons (Fsp3) is 0. The molecule has 0 aromatic heterocycles. The Morgan fingerprint density at radius 2 is 1.78 bits per heavy atom. The monoisotopic (exact) mass is 139 g/mol. The van der Waals surface area contributed by atoms with E-state index in [1.807, 2.05) is 0 Å². The average molecular weight is 140 g/mol. The first kappa shape index (κ1) is 6.06. The zero-order chi connectivity index (χ0) is 6.69. The molecule has 0 atom stereocenters. The number of hydrogen-bond donors (Lipinski definition) is 0. The molecule has 3 heteroatoms. The second-order valence-electron chi connectivity index (χ2n) is 1.58. The number of rotatable bonds is 0. The van der Waals surface area contributed by atoms with Crippen LogP contribution >= 0.6 is 11.6 Å². The molecule has 1 aromatic rings. The van der Waals surface area contributed by atoms with Crippen molar-refractivity contribution < 1.29 is 0 Å². The van der Waals surface area contributed by atoms with Crippen LogP contribution in [0.15, 0.2) is 24.3 Å². The lowest BCUT2D eigenvalue weighted by molar-refractivity contribution is 1.46. The molecule has 0 bridgehead atoms. The number of benzene rings is 1. The molecule has 0 fully saturated rings. The van der Waals surface area contributed by atoms with Crippen LogP contribution < -0.4 is 0 Å². The van der Waals surface area contributed by atoms with Crippen LogP contribution in [-0.2, 0) is 0 Å². The Morgan fingerprint density at radius 3 is 2.22 bits per heavy atom. The van der Waals surface area contributed by atoms with Gasteiger partial charge < -0.3 is 0 Å². The molecule has 1 rings (SSSR count). The van der Waals surface area contributed by atoms with Gasteiger partial charge in [-0.25, -0.2) is 0 Å². The third-order valence-corrected chi connectivity index (χ3v) is 1.19. The van der Waals surface area contributed by atoms with Crippen LogP contribution in [0.2, 0.25) is 5.02 Å². The standard InChI is InChI=1S/C6H4ClN2/c7-5-1-3-6(9-8)4-2-5/h1-4H/q+1. The van der Waals surface area contributed by atoms with Gasteiger partial charge in [0.2, 0.25) is 5.39 Å². The molecule has 0 heterocycles. The van der Waals surface area contributed by atoms with Crippen molar-refractivity contribution in [3.8, 4) is 0 Å². The highest BCUT2D eigenvalue weighted by Crippen LogP contribution is 2.15. The maximum absolute atomic E-state index is 8.21. The Morgan fingerprint density at radius 1 is 1.22 bits per heavy atom. The Balaban J connectivity index is 3.06. The minimum atomic E-state index is 0.513. The minimum absolute atomic E-state index is 0.513. The summed E-state index contributed by atoms with van der Waals surface area (Å²) in [6.45, 7) is 0. The fourth-order valence-electron chi connectivity index (χ4n) is 0.508. The number of diazo groups is 1. The van der Waals surface area contributed by atoms with Gasteiger partial charge in [-0.15, -0.1) is 0 Å². The van der Waals surface area contributed by atoms with Crippen LogP contribution in [0.3, 0.4) is 0 Å². The first-order valence-electron chi connectivity index (χ1n) is 2.43. The van der Waals surface area contributed by atoms with Gasteiger partial charge in [0.15, 0.2) is 4.98 Å². The van der Waals surface area contributed by atoms with Crippen molar-refractivity contribution in [2.24, 2.45) is 0 Å². The Kier molecular flexibility index (Phi) is 1.66. The van der Waals surface area contributed by atoms with Gasteiger partial charge in [-0.1, -0.05) is 11.6 Å². The molecule has 0 unspecified atom stereocenters. The normalized spacial score (nSPS) is 8.44. The third-order valence-electron chi connectivity index (χ3n) is 0.942. The van der Waals surface area contributed by atoms with Crippen LogP contribution in [-0.4, -0.2) is 0 Å². The molecule has 0 saturated carbocycles. The molecule has 2 nitrogen and oxygen atoms in total. The van der Waals surface area contributed by atoms with E-state index in [0.717, 1.165) is 0 Å². The molecule has 0 aliphatic rings. The van der Waals surface area contributed by atoms with Crippen molar-refractivity contribution in [1.82, 2.24) is 0 Å². The second kappa shape index (κ2) is 2.47. The van der Waals surface area contributed by atoms with Gasteiger partial charge in [-0.05, 0) is 12.1 Å². The third kappa shape index (κ3) is 1.41. The van der Waals surface area contributed by atoms with Crippen molar-refractivity contribution in [2.75, 3.05) is 0 Å². The average Bonchev–Trinajstić information content (AvgIpc) is 1.90. The van der Waals surface area contributed by atoms with E-state index in [9.17, 15) is 0 Å². The lowest BCUT2D eigenvalue weighted by atomic mass is 10.3. The van der Waals surface area contributed by atoms with E-state index < -0.39 is 0 Å². The van der Waals surface area contributed by atoms with Crippen molar-refractivity contribution in [1.29, 1.82) is 5.39 Å². The Hall–Kier alpha value is -1.07. The topological polar surface area (TPSA) is 28.1 Å². The van der Waals surface area contributed by atoms with Gasteiger partial charge in [0.05, 0.1) is 0 Å². The van der Waals surface area contributed by atoms with E-state index in [-0.39, 0.29) is 0 Å². The first-order valence-corrected chi connectivity index (χ1v) is 2.81. The summed E-state index contributed by atoms with van der Waals surface area (Å²) in [6.07, 6.45) is 0. The van der Waals surface area contributed by atoms with Crippen molar-refractivity contribution in [3.63, 3.8) is 0 Å². The van der Waals surface area contributed by atoms with Crippen LogP contribution in [0.4, 0.5) is 5.69 Å². The highest BCUT2D eigenvalue weighted by molar-refractivity contribution is 6.30. The molecule has 0 amide bonds. The Labute approximate surface area is 57.7 Å². The molecular formula is C6H4ClN2+. The summed E-state index contributed by atoms with van der Waals surface area (Å²) < 4.78 is 0. The van der Waals surface area contributed by atoms with Gasteiger partial charge in [-0.3, -0.25) is 0 Å². The van der Waals surface area contributed by atoms with Gasteiger partial charge >= 0.3 is 5.69 Å². The molecule has 9 heavy (non-hydrogen) atoms. The zero-order valence-electron chi connectivity index (χ0n) is 4.58. The predicted octanol–water partition coefficient (Wildman–Crippen LogP) is 2.82. The van der Waals surface area contributed by atoms with Crippen LogP contribution in [0, 0.1) is 5.39 Å². The maximum atomic E-state index is 8.21. The fourth-order valence-corrected chi connectivity index (χ4v) is 0.634. The van der Waals surface area contributed by atoms with Gasteiger partial charge in [0.1, 0.15) is 0 Å². The van der Waals surface area contributed by atoms with Gasteiger partial charge in [-0.2, -0.15) is 0 Å². The van der Waals surface area contributed by atoms with Gasteiger partial charge in [0, 0.05) is 17.2 Å². The van der Waals surface area contributed by atoms with E-state index in [1.165, 1.54) is 0 Å². The maximum Gasteiger partial charge on any atom is 0.385 e. The summed E-state index contributed by atoms with van der Waals surface area (Å²) in [5, 5.41) is 8.85. The molecule has 1 aromatic carbocycles. The summed E-state index contributed by atoms with van der Waals surface area (Å²) in [5.41, 5.74) is 0.513. The second-order valence-corrected chi connectivity index (χ2v) is 2.01. The quantitative estimate of drug-likeness (QED) is 0.508. The molecular weight excluding hydrogens is 136 g/mol. The summed E-state index contributed by atoms with van der Waals surface area (Å²) in [4.78, 5) is 2.95. The molecule has 0 N–H and O–H groups in total. The highest BCUT2D eigenvalue weighted by Gasteiger charge is 1.99. The van der Waals surface area contributed by atoms with E-state index in [2.05, 4.69) is 4.98 Å². The molecule has 0 aliphatic heterocycles. The van der Waals surface area contributed by atoms with Crippen molar-refractivity contribution in [3.05, 3.63) is 34.3 Å². The number of nitrogens with zero attached hydrogens (tertiary/aromatic N) is 2. The molecule has 0 saturated heterocycles. The summed E-state index contributed by atoms with van der Waals surface area (Å²) >= 11 is 5.55. The molecule has 0 spiro atoms. The lowest BCUT2D eigenvalue weighted by Crippen LogP contribution is -1.59. The number of halogens is 1. The van der Waals surface area contributed by atoms with Crippen LogP contribution in [0.5, 0.6) is 0 Å². The van der Waals surface area contributed by atoms with Crippen LogP contribution in [0.1, 0.15) is 0 Å². The lowest BCUT2D eigenvalue weighted by Gasteiger charge is -1.78. The molecule has 0 aliphatic carbocycles. The Bertz CT molecular complexity index is 234. The molecule has 44 valence electrons. The minimum Gasteiger partial charge on any atom is -0.0843 e. The first-order chi connectivity index (χ1) is 4.33. The number of hydrogen-bond acceptors (Lipinski definition) is 1. The van der Waals surface area contributed by atoms with E-state index in [1.54, 1.807) is 24.3 Å². The zero-order valence-corrected chi connectivity index (χ0v) is 5.34. The van der Waals surface area contributed by atoms with Crippen molar-refractivity contribution >= 4 is 17.3 Å². The smallest absolute Gasteiger partial charge is 0.0843 e. The molecule has 0 radical (unpaired) electrons. The summed E-state index contributed by atoms with van der Waals surface area (Å²) in [5.74, 6) is 0. The summed E-state index contributed by atoms with van der Waals surface area (Å²) in [6, 6.07) is 6.58. The largest absolute Gasteiger partial charge is 0.385 e. The van der Waals surface area contributed by atoms with E-state index in [4.69, 9.17) is 17.0 Å². The highest BCUT2D eigenvalue weighted by atomic mass is 35.5. The van der Waals surface area contributed by atoms with Gasteiger partial charge in [0.25, 0.3) is 0 Å². The van der Waals surface area contributed by atoms with Crippen LogP contribution in [0.25, 0.3) is 4.98 Å².